The van der Waals surface area contributed by atoms with Gasteiger partial charge >= 0.3 is 5.63 Å². The molecule has 2 aliphatic rings. The van der Waals surface area contributed by atoms with Crippen LogP contribution in [-0.2, 0) is 17.7 Å². The van der Waals surface area contributed by atoms with Gasteiger partial charge in [0.1, 0.15) is 11.3 Å². The number of ether oxygens (including phenoxy) is 1. The highest BCUT2D eigenvalue weighted by Gasteiger charge is 2.34. The van der Waals surface area contributed by atoms with Gasteiger partial charge in [-0.3, -0.25) is 4.90 Å². The van der Waals surface area contributed by atoms with E-state index >= 15 is 0 Å². The molecule has 2 unspecified atom stereocenters. The summed E-state index contributed by atoms with van der Waals surface area (Å²) in [6.45, 7) is 7.43. The Morgan fingerprint density at radius 2 is 2.06 bits per heavy atom. The standard InChI is InChI=1S/C25H36N2O4/c1-3-18-15-24(29)31-25-20(18)9-10-23(28)21(25)17-26(13-14-30-2)16-19-7-6-12-27-11-5-4-8-22(19)27/h9-10,15,19,22,28H,3-8,11-14,16-17H2,1-2H3. The number of nitrogens with zero attached hydrogens (tertiary/aromatic N) is 2. The van der Waals surface area contributed by atoms with Gasteiger partial charge in [0.2, 0.25) is 0 Å². The number of hydrogen-bond donors (Lipinski definition) is 1. The Morgan fingerprint density at radius 3 is 2.87 bits per heavy atom. The summed E-state index contributed by atoms with van der Waals surface area (Å²) in [7, 11) is 1.73. The van der Waals surface area contributed by atoms with E-state index in [-0.39, 0.29) is 11.4 Å². The van der Waals surface area contributed by atoms with Crippen molar-refractivity contribution in [3.05, 3.63) is 39.7 Å². The van der Waals surface area contributed by atoms with Gasteiger partial charge in [0.05, 0.1) is 12.2 Å². The van der Waals surface area contributed by atoms with Crippen molar-refractivity contribution in [1.29, 1.82) is 0 Å². The van der Waals surface area contributed by atoms with E-state index < -0.39 is 0 Å². The summed E-state index contributed by atoms with van der Waals surface area (Å²) in [6, 6.07) is 5.81. The SMILES string of the molecule is CCc1cc(=O)oc2c(CN(CCOC)CC3CCCN4CCCCC34)c(O)ccc12. The normalized spacial score (nSPS) is 22.2. The van der Waals surface area contributed by atoms with Gasteiger partial charge in [-0.2, -0.15) is 0 Å². The molecule has 2 aliphatic heterocycles. The number of aromatic hydroxyl groups is 1. The molecule has 2 fully saturated rings. The molecule has 31 heavy (non-hydrogen) atoms. The predicted molar refractivity (Wildman–Crippen MR) is 123 cm³/mol. The molecule has 0 spiro atoms. The number of methoxy groups -OCH3 is 1. The first-order valence-corrected chi connectivity index (χ1v) is 11.8. The third-order valence-corrected chi connectivity index (χ3v) is 7.17. The fraction of sp³-hybridized carbons (Fsp3) is 0.640. The van der Waals surface area contributed by atoms with Crippen molar-refractivity contribution in [3.8, 4) is 5.75 Å². The number of hydrogen-bond acceptors (Lipinski definition) is 6. The van der Waals surface area contributed by atoms with Crippen molar-refractivity contribution in [2.75, 3.05) is 39.9 Å². The van der Waals surface area contributed by atoms with Crippen LogP contribution >= 0.6 is 0 Å². The monoisotopic (exact) mass is 428 g/mol. The van der Waals surface area contributed by atoms with Crippen LogP contribution in [0.3, 0.4) is 0 Å². The maximum atomic E-state index is 12.2. The highest BCUT2D eigenvalue weighted by Crippen LogP contribution is 2.33. The Morgan fingerprint density at radius 1 is 1.23 bits per heavy atom. The van der Waals surface area contributed by atoms with Crippen molar-refractivity contribution in [1.82, 2.24) is 9.80 Å². The van der Waals surface area contributed by atoms with Crippen molar-refractivity contribution >= 4 is 11.0 Å². The van der Waals surface area contributed by atoms with E-state index in [2.05, 4.69) is 9.80 Å². The second-order valence-electron chi connectivity index (χ2n) is 9.11. The van der Waals surface area contributed by atoms with Crippen molar-refractivity contribution in [2.24, 2.45) is 5.92 Å². The predicted octanol–water partition coefficient (Wildman–Crippen LogP) is 3.77. The van der Waals surface area contributed by atoms with Crippen molar-refractivity contribution in [2.45, 2.75) is 58.0 Å². The fourth-order valence-corrected chi connectivity index (χ4v) is 5.58. The number of benzene rings is 1. The first-order valence-electron chi connectivity index (χ1n) is 11.8. The zero-order chi connectivity index (χ0) is 21.8. The number of phenols is 1. The number of fused-ring (bicyclic) bond motifs is 2. The van der Waals surface area contributed by atoms with Gasteiger partial charge in [0, 0.05) is 44.2 Å². The summed E-state index contributed by atoms with van der Waals surface area (Å²) in [5.41, 5.74) is 1.83. The van der Waals surface area contributed by atoms with Gasteiger partial charge in [-0.1, -0.05) is 13.3 Å². The lowest BCUT2D eigenvalue weighted by atomic mass is 9.83. The summed E-state index contributed by atoms with van der Waals surface area (Å²) >= 11 is 0. The third-order valence-electron chi connectivity index (χ3n) is 7.17. The average Bonchev–Trinajstić information content (AvgIpc) is 2.78. The van der Waals surface area contributed by atoms with Gasteiger partial charge in [-0.25, -0.2) is 4.79 Å². The maximum Gasteiger partial charge on any atom is 0.336 e. The van der Waals surface area contributed by atoms with Gasteiger partial charge in [-0.05, 0) is 68.8 Å². The van der Waals surface area contributed by atoms with E-state index in [1.165, 1.54) is 45.2 Å². The van der Waals surface area contributed by atoms with E-state index in [0.29, 0.717) is 36.3 Å². The Balaban J connectivity index is 1.62. The maximum absolute atomic E-state index is 12.2. The topological polar surface area (TPSA) is 66.2 Å². The Hall–Kier alpha value is -1.89. The molecular formula is C25H36N2O4. The highest BCUT2D eigenvalue weighted by molar-refractivity contribution is 5.85. The molecule has 170 valence electrons. The molecule has 0 amide bonds. The third kappa shape index (κ3) is 4.97. The Bertz CT molecular complexity index is 939. The van der Waals surface area contributed by atoms with Crippen molar-refractivity contribution in [3.63, 3.8) is 0 Å². The summed E-state index contributed by atoms with van der Waals surface area (Å²) in [5, 5.41) is 11.6. The van der Waals surface area contributed by atoms with Crippen LogP contribution in [0.2, 0.25) is 0 Å². The van der Waals surface area contributed by atoms with E-state index in [1.54, 1.807) is 19.2 Å². The van der Waals surface area contributed by atoms with Gasteiger partial charge < -0.3 is 19.2 Å². The van der Waals surface area contributed by atoms with Crippen LogP contribution < -0.4 is 5.63 Å². The van der Waals surface area contributed by atoms with Crippen LogP contribution in [0.15, 0.2) is 27.4 Å². The molecule has 6 heteroatoms. The summed E-state index contributed by atoms with van der Waals surface area (Å²) in [5.74, 6) is 0.815. The fourth-order valence-electron chi connectivity index (χ4n) is 5.58. The van der Waals surface area contributed by atoms with Crippen LogP contribution in [0, 0.1) is 5.92 Å². The molecule has 3 heterocycles. The van der Waals surface area contributed by atoms with Crippen LogP contribution in [0.5, 0.6) is 5.75 Å². The number of rotatable bonds is 8. The second-order valence-corrected chi connectivity index (χ2v) is 9.11. The molecule has 4 rings (SSSR count). The molecule has 1 N–H and O–H groups in total. The first kappa shape index (κ1) is 22.3. The number of aryl methyl sites for hydroxylation is 1. The number of piperidine rings is 2. The molecule has 1 aromatic heterocycles. The van der Waals surface area contributed by atoms with E-state index in [9.17, 15) is 9.90 Å². The summed E-state index contributed by atoms with van der Waals surface area (Å²) in [6.07, 6.45) is 7.19. The van der Waals surface area contributed by atoms with Gasteiger partial charge in [-0.15, -0.1) is 0 Å². The largest absolute Gasteiger partial charge is 0.507 e. The summed E-state index contributed by atoms with van der Waals surface area (Å²) < 4.78 is 11.0. The second kappa shape index (κ2) is 10.2. The molecule has 2 atom stereocenters. The highest BCUT2D eigenvalue weighted by atomic mass is 16.5. The molecular weight excluding hydrogens is 392 g/mol. The van der Waals surface area contributed by atoms with Gasteiger partial charge in [0.15, 0.2) is 0 Å². The molecule has 0 aliphatic carbocycles. The first-order chi connectivity index (χ1) is 15.1. The molecule has 0 bridgehead atoms. The van der Waals surface area contributed by atoms with Crippen molar-refractivity contribution < 1.29 is 14.3 Å². The molecule has 0 saturated carbocycles. The Labute approximate surface area is 184 Å². The Kier molecular flexibility index (Phi) is 7.31. The minimum atomic E-state index is -0.357. The lowest BCUT2D eigenvalue weighted by Crippen LogP contribution is -2.51. The number of phenolic OH excluding ortho intramolecular Hbond substituents is 1. The van der Waals surface area contributed by atoms with Crippen LogP contribution in [0.4, 0.5) is 0 Å². The molecule has 0 radical (unpaired) electrons. The van der Waals surface area contributed by atoms with Crippen LogP contribution in [0.1, 0.15) is 50.2 Å². The summed E-state index contributed by atoms with van der Waals surface area (Å²) in [4.78, 5) is 17.2. The van der Waals surface area contributed by atoms with E-state index in [4.69, 9.17) is 9.15 Å². The van der Waals surface area contributed by atoms with Crippen LogP contribution in [0.25, 0.3) is 11.0 Å². The zero-order valence-corrected chi connectivity index (χ0v) is 18.9. The molecule has 1 aromatic carbocycles. The van der Waals surface area contributed by atoms with E-state index in [1.807, 2.05) is 13.0 Å². The quantitative estimate of drug-likeness (QED) is 0.646. The van der Waals surface area contributed by atoms with Gasteiger partial charge in [0.25, 0.3) is 0 Å². The average molecular weight is 429 g/mol. The molecule has 6 nitrogen and oxygen atoms in total. The molecule has 2 aromatic rings. The lowest BCUT2D eigenvalue weighted by Gasteiger charge is -2.45. The smallest absolute Gasteiger partial charge is 0.336 e. The minimum absolute atomic E-state index is 0.189. The lowest BCUT2D eigenvalue weighted by molar-refractivity contribution is 0.0335. The van der Waals surface area contributed by atoms with E-state index in [0.717, 1.165) is 30.5 Å². The molecule has 2 saturated heterocycles. The van der Waals surface area contributed by atoms with Crippen LogP contribution in [-0.4, -0.2) is 60.8 Å². The zero-order valence-electron chi connectivity index (χ0n) is 18.9. The minimum Gasteiger partial charge on any atom is -0.507 e.